The normalized spacial score (nSPS) is 12.0. The highest BCUT2D eigenvalue weighted by molar-refractivity contribution is 7.98. The summed E-state index contributed by atoms with van der Waals surface area (Å²) in [6, 6.07) is 6.81. The molecule has 0 fully saturated rings. The van der Waals surface area contributed by atoms with E-state index in [0.29, 0.717) is 18.0 Å². The van der Waals surface area contributed by atoms with Crippen molar-refractivity contribution in [1.29, 1.82) is 0 Å². The minimum Gasteiger partial charge on any atom is -0.326 e. The first-order valence-corrected chi connectivity index (χ1v) is 9.23. The molecular weight excluding hydrogens is 280 g/mol. The van der Waals surface area contributed by atoms with Crippen LogP contribution in [0.4, 0.5) is 0 Å². The lowest BCUT2D eigenvalue weighted by atomic mass is 10.2. The smallest absolute Gasteiger partial charge is 0.179 e. The number of sulfone groups is 1. The Labute approximate surface area is 120 Å². The Balaban J connectivity index is 2.59. The Morgan fingerprint density at radius 1 is 1.21 bits per heavy atom. The van der Waals surface area contributed by atoms with Gasteiger partial charge in [-0.25, -0.2) is 8.42 Å². The van der Waals surface area contributed by atoms with Crippen molar-refractivity contribution in [1.82, 2.24) is 4.90 Å². The van der Waals surface area contributed by atoms with Crippen LogP contribution in [0, 0.1) is 0 Å². The molecule has 1 rings (SSSR count). The van der Waals surface area contributed by atoms with Gasteiger partial charge in [0.15, 0.2) is 9.84 Å². The topological polar surface area (TPSA) is 63.4 Å². The number of nitrogens with two attached hydrogens (primary N) is 1. The SMILES string of the molecule is CSCCN(C)CCS(=O)(=O)c1ccc(CN)cc1. The van der Waals surface area contributed by atoms with E-state index < -0.39 is 9.84 Å². The Morgan fingerprint density at radius 3 is 2.37 bits per heavy atom. The number of nitrogens with zero attached hydrogens (tertiary/aromatic N) is 1. The second-order valence-electron chi connectivity index (χ2n) is 4.46. The zero-order chi connectivity index (χ0) is 14.3. The van der Waals surface area contributed by atoms with Crippen molar-refractivity contribution in [2.45, 2.75) is 11.4 Å². The molecule has 19 heavy (non-hydrogen) atoms. The van der Waals surface area contributed by atoms with Crippen LogP contribution < -0.4 is 5.73 Å². The molecule has 108 valence electrons. The Kier molecular flexibility index (Phi) is 6.85. The van der Waals surface area contributed by atoms with E-state index in [1.165, 1.54) is 0 Å². The summed E-state index contributed by atoms with van der Waals surface area (Å²) in [5.74, 6) is 1.17. The molecule has 2 N–H and O–H groups in total. The van der Waals surface area contributed by atoms with Crippen LogP contribution in [0.15, 0.2) is 29.2 Å². The van der Waals surface area contributed by atoms with Gasteiger partial charge in [-0.2, -0.15) is 11.8 Å². The number of thioether (sulfide) groups is 1. The largest absolute Gasteiger partial charge is 0.326 e. The van der Waals surface area contributed by atoms with E-state index in [2.05, 4.69) is 0 Å². The molecule has 0 radical (unpaired) electrons. The molecule has 0 aliphatic rings. The maximum Gasteiger partial charge on any atom is 0.179 e. The van der Waals surface area contributed by atoms with Gasteiger partial charge in [0, 0.05) is 25.4 Å². The van der Waals surface area contributed by atoms with Gasteiger partial charge >= 0.3 is 0 Å². The first-order valence-electron chi connectivity index (χ1n) is 6.19. The number of hydrogen-bond acceptors (Lipinski definition) is 5. The predicted molar refractivity (Wildman–Crippen MR) is 82.3 cm³/mol. The minimum absolute atomic E-state index is 0.153. The molecule has 0 heterocycles. The molecule has 0 amide bonds. The molecule has 1 aromatic rings. The summed E-state index contributed by atoms with van der Waals surface area (Å²) in [7, 11) is -1.25. The van der Waals surface area contributed by atoms with Crippen molar-refractivity contribution in [2.75, 3.05) is 37.9 Å². The zero-order valence-corrected chi connectivity index (χ0v) is 13.1. The van der Waals surface area contributed by atoms with Gasteiger partial charge in [0.2, 0.25) is 0 Å². The summed E-state index contributed by atoms with van der Waals surface area (Å²) in [6.07, 6.45) is 2.05. The molecule has 0 aromatic heterocycles. The fourth-order valence-electron chi connectivity index (χ4n) is 1.59. The van der Waals surface area contributed by atoms with Crippen LogP contribution in [0.1, 0.15) is 5.56 Å². The molecule has 0 saturated carbocycles. The van der Waals surface area contributed by atoms with Gasteiger partial charge in [-0.15, -0.1) is 0 Å². The van der Waals surface area contributed by atoms with Crippen LogP contribution >= 0.6 is 11.8 Å². The van der Waals surface area contributed by atoms with E-state index in [1.807, 2.05) is 18.2 Å². The highest BCUT2D eigenvalue weighted by Gasteiger charge is 2.15. The summed E-state index contributed by atoms with van der Waals surface area (Å²) in [5, 5.41) is 0. The Bertz CT molecular complexity index is 472. The predicted octanol–water partition coefficient (Wildman–Crippen LogP) is 1.21. The number of rotatable bonds is 8. The monoisotopic (exact) mass is 302 g/mol. The average Bonchev–Trinajstić information content (AvgIpc) is 2.43. The first-order chi connectivity index (χ1) is 8.99. The molecule has 0 saturated heterocycles. The van der Waals surface area contributed by atoms with Crippen LogP contribution in [0.25, 0.3) is 0 Å². The highest BCUT2D eigenvalue weighted by Crippen LogP contribution is 2.12. The van der Waals surface area contributed by atoms with Gasteiger partial charge in [-0.3, -0.25) is 0 Å². The molecule has 0 spiro atoms. The van der Waals surface area contributed by atoms with E-state index in [4.69, 9.17) is 5.73 Å². The summed E-state index contributed by atoms with van der Waals surface area (Å²) in [5.41, 5.74) is 6.44. The van der Waals surface area contributed by atoms with Crippen molar-refractivity contribution in [3.8, 4) is 0 Å². The third-order valence-electron chi connectivity index (χ3n) is 2.94. The van der Waals surface area contributed by atoms with Crippen LogP contribution in [0.2, 0.25) is 0 Å². The molecule has 0 bridgehead atoms. The Hall–Kier alpha value is -0.560. The first kappa shape index (κ1) is 16.5. The van der Waals surface area contributed by atoms with E-state index in [9.17, 15) is 8.42 Å². The van der Waals surface area contributed by atoms with Crippen molar-refractivity contribution in [2.24, 2.45) is 5.73 Å². The molecule has 6 heteroatoms. The lowest BCUT2D eigenvalue weighted by Gasteiger charge is -2.15. The minimum atomic E-state index is -3.19. The van der Waals surface area contributed by atoms with Crippen molar-refractivity contribution < 1.29 is 8.42 Å². The van der Waals surface area contributed by atoms with Crippen molar-refractivity contribution in [3.05, 3.63) is 29.8 Å². The second kappa shape index (κ2) is 7.89. The molecule has 0 unspecified atom stereocenters. The third kappa shape index (κ3) is 5.52. The van der Waals surface area contributed by atoms with Crippen LogP contribution in [0.5, 0.6) is 0 Å². The molecule has 1 aromatic carbocycles. The van der Waals surface area contributed by atoms with Crippen molar-refractivity contribution in [3.63, 3.8) is 0 Å². The van der Waals surface area contributed by atoms with Crippen LogP contribution in [0.3, 0.4) is 0 Å². The van der Waals surface area contributed by atoms with Gasteiger partial charge in [0.05, 0.1) is 10.6 Å². The lowest BCUT2D eigenvalue weighted by molar-refractivity contribution is 0.376. The van der Waals surface area contributed by atoms with Gasteiger partial charge in [0.25, 0.3) is 0 Å². The average molecular weight is 302 g/mol. The number of benzene rings is 1. The van der Waals surface area contributed by atoms with Gasteiger partial charge in [-0.05, 0) is 31.0 Å². The summed E-state index contributed by atoms with van der Waals surface area (Å²) in [6.45, 7) is 1.89. The quantitative estimate of drug-likeness (QED) is 0.782. The maximum atomic E-state index is 12.1. The zero-order valence-electron chi connectivity index (χ0n) is 11.5. The van der Waals surface area contributed by atoms with Crippen molar-refractivity contribution >= 4 is 21.6 Å². The second-order valence-corrected chi connectivity index (χ2v) is 7.56. The van der Waals surface area contributed by atoms with E-state index >= 15 is 0 Å². The third-order valence-corrected chi connectivity index (χ3v) is 5.24. The molecular formula is C13H22N2O2S2. The molecule has 4 nitrogen and oxygen atoms in total. The van der Waals surface area contributed by atoms with E-state index in [-0.39, 0.29) is 5.75 Å². The lowest BCUT2D eigenvalue weighted by Crippen LogP contribution is -2.27. The molecule has 0 atom stereocenters. The van der Waals surface area contributed by atoms with Crippen LogP contribution in [-0.2, 0) is 16.4 Å². The number of hydrogen-bond donors (Lipinski definition) is 1. The van der Waals surface area contributed by atoms with Crippen LogP contribution in [-0.4, -0.2) is 51.2 Å². The highest BCUT2D eigenvalue weighted by atomic mass is 32.2. The van der Waals surface area contributed by atoms with E-state index in [0.717, 1.165) is 17.9 Å². The fraction of sp³-hybridized carbons (Fsp3) is 0.538. The van der Waals surface area contributed by atoms with Gasteiger partial charge < -0.3 is 10.6 Å². The standard InChI is InChI=1S/C13H22N2O2S2/c1-15(7-9-18-2)8-10-19(16,17)13-5-3-12(11-14)4-6-13/h3-6H,7-11,14H2,1-2H3. The molecule has 0 aliphatic heterocycles. The fourth-order valence-corrected chi connectivity index (χ4v) is 3.42. The Morgan fingerprint density at radius 2 is 1.84 bits per heavy atom. The van der Waals surface area contributed by atoms with E-state index in [1.54, 1.807) is 36.0 Å². The van der Waals surface area contributed by atoms with Gasteiger partial charge in [0.1, 0.15) is 0 Å². The maximum absolute atomic E-state index is 12.1. The summed E-state index contributed by atoms with van der Waals surface area (Å²) >= 11 is 1.76. The van der Waals surface area contributed by atoms with Gasteiger partial charge in [-0.1, -0.05) is 12.1 Å². The summed E-state index contributed by atoms with van der Waals surface area (Å²) < 4.78 is 24.3. The summed E-state index contributed by atoms with van der Waals surface area (Å²) in [4.78, 5) is 2.42. The molecule has 0 aliphatic carbocycles.